The number of aliphatic hydroxyl groups is 1. The molecule has 2 aliphatic heterocycles. The van der Waals surface area contributed by atoms with Gasteiger partial charge in [0.05, 0.1) is 44.0 Å². The minimum Gasteiger partial charge on any atom is -0.493 e. The zero-order valence-electron chi connectivity index (χ0n) is 22.6. The van der Waals surface area contributed by atoms with Crippen molar-refractivity contribution in [2.45, 2.75) is 74.7 Å². The quantitative estimate of drug-likeness (QED) is 0.313. The summed E-state index contributed by atoms with van der Waals surface area (Å²) in [5.41, 5.74) is -0.243. The van der Waals surface area contributed by atoms with Gasteiger partial charge in [0.1, 0.15) is 5.76 Å². The highest BCUT2D eigenvalue weighted by Gasteiger charge is 2.72. The number of rotatable bonds is 10. The molecular weight excluding hydrogens is 526 g/mol. The van der Waals surface area contributed by atoms with Crippen LogP contribution in [0, 0.1) is 0 Å². The molecule has 2 heterocycles. The summed E-state index contributed by atoms with van der Waals surface area (Å²) >= 11 is 0. The Balaban J connectivity index is 1.47. The van der Waals surface area contributed by atoms with Gasteiger partial charge in [0.2, 0.25) is 6.10 Å². The first-order valence-corrected chi connectivity index (χ1v) is 13.3. The van der Waals surface area contributed by atoms with Crippen LogP contribution in [0.25, 0.3) is 0 Å². The van der Waals surface area contributed by atoms with Crippen molar-refractivity contribution in [3.8, 4) is 11.5 Å². The number of esters is 3. The van der Waals surface area contributed by atoms with Crippen molar-refractivity contribution in [3.05, 3.63) is 35.1 Å². The van der Waals surface area contributed by atoms with Gasteiger partial charge in [-0.15, -0.1) is 0 Å². The van der Waals surface area contributed by atoms with Crippen LogP contribution in [-0.4, -0.2) is 90.2 Å². The van der Waals surface area contributed by atoms with Crippen LogP contribution in [0.2, 0.25) is 0 Å². The second-order valence-corrected chi connectivity index (χ2v) is 10.6. The predicted octanol–water partition coefficient (Wildman–Crippen LogP) is 1.25. The van der Waals surface area contributed by atoms with Crippen molar-refractivity contribution in [2.75, 3.05) is 27.3 Å². The molecule has 1 unspecified atom stereocenters. The molecule has 12 heteroatoms. The molecule has 40 heavy (non-hydrogen) atoms. The summed E-state index contributed by atoms with van der Waals surface area (Å²) in [6, 6.07) is 3.61. The van der Waals surface area contributed by atoms with Crippen LogP contribution in [0.5, 0.6) is 11.5 Å². The lowest BCUT2D eigenvalue weighted by molar-refractivity contribution is -0.178. The maximum atomic E-state index is 13.4. The van der Waals surface area contributed by atoms with Crippen LogP contribution in [-0.2, 0) is 45.2 Å². The first-order valence-electron chi connectivity index (χ1n) is 13.3. The lowest BCUT2D eigenvalue weighted by atomic mass is 9.50. The van der Waals surface area contributed by atoms with E-state index in [0.29, 0.717) is 30.9 Å². The number of ether oxygens (including phenoxy) is 5. The van der Waals surface area contributed by atoms with Gasteiger partial charge in [0.25, 0.3) is 0 Å². The summed E-state index contributed by atoms with van der Waals surface area (Å²) in [6.45, 7) is 2.32. The van der Waals surface area contributed by atoms with Crippen LogP contribution in [0.3, 0.4) is 0 Å². The van der Waals surface area contributed by atoms with Crippen molar-refractivity contribution in [3.63, 3.8) is 0 Å². The average molecular weight is 560 g/mol. The van der Waals surface area contributed by atoms with E-state index < -0.39 is 66.4 Å². The van der Waals surface area contributed by atoms with Crippen LogP contribution in [0.15, 0.2) is 24.0 Å². The summed E-state index contributed by atoms with van der Waals surface area (Å²) in [5, 5.41) is 21.1. The number of hydrogen-bond donors (Lipinski definition) is 2. The van der Waals surface area contributed by atoms with Gasteiger partial charge in [0.15, 0.2) is 17.6 Å². The first-order chi connectivity index (χ1) is 19.0. The lowest BCUT2D eigenvalue weighted by Crippen LogP contribution is -2.74. The molecule has 1 saturated heterocycles. The van der Waals surface area contributed by atoms with E-state index >= 15 is 0 Å². The van der Waals surface area contributed by atoms with E-state index in [4.69, 9.17) is 28.8 Å². The summed E-state index contributed by atoms with van der Waals surface area (Å²) in [4.78, 5) is 50.8. The van der Waals surface area contributed by atoms with Crippen molar-refractivity contribution in [2.24, 2.45) is 0 Å². The Morgan fingerprint density at radius 2 is 1.98 bits per heavy atom. The van der Waals surface area contributed by atoms with E-state index in [0.717, 1.165) is 11.1 Å². The Morgan fingerprint density at radius 3 is 2.67 bits per heavy atom. The number of carboxylic acids is 1. The largest absolute Gasteiger partial charge is 0.493 e. The van der Waals surface area contributed by atoms with Crippen LogP contribution >= 0.6 is 0 Å². The van der Waals surface area contributed by atoms with E-state index in [9.17, 15) is 24.3 Å². The third-order valence-corrected chi connectivity index (χ3v) is 8.51. The van der Waals surface area contributed by atoms with E-state index in [2.05, 4.69) is 4.90 Å². The monoisotopic (exact) mass is 559 g/mol. The van der Waals surface area contributed by atoms with Crippen molar-refractivity contribution in [1.29, 1.82) is 0 Å². The molecule has 2 N–H and O–H groups in total. The number of carbonyl (C=O) groups excluding carboxylic acids is 3. The maximum absolute atomic E-state index is 13.4. The molecule has 0 aromatic heterocycles. The predicted molar refractivity (Wildman–Crippen MR) is 136 cm³/mol. The number of likely N-dealkylation sites (N-methyl/N-ethyl adjacent to an activating group) is 1. The fourth-order valence-corrected chi connectivity index (χ4v) is 6.74. The molecule has 1 spiro atoms. The minimum absolute atomic E-state index is 0.0494. The number of aliphatic carboxylic acids is 1. The van der Waals surface area contributed by atoms with Gasteiger partial charge in [-0.2, -0.15) is 0 Å². The third kappa shape index (κ3) is 4.29. The SMILES string of the molecule is CCOC(=O)CC(OC(=O)CCC(=O)O)C(=O)OC1=CC[C@@]2(O)[C@H]3Cc4ccc(OC)c5c4[C@@]2(CCN3C)[C@H]1O5. The fraction of sp³-hybridized carbons (Fsp3) is 0.571. The molecule has 1 aromatic rings. The number of carboxylic acid groups (broad SMARTS) is 1. The Labute approximate surface area is 230 Å². The Bertz CT molecular complexity index is 1270. The number of benzene rings is 1. The van der Waals surface area contributed by atoms with Crippen LogP contribution < -0.4 is 9.47 Å². The molecule has 12 nitrogen and oxygen atoms in total. The molecule has 5 rings (SSSR count). The molecule has 1 aromatic carbocycles. The topological polar surface area (TPSA) is 158 Å². The smallest absolute Gasteiger partial charge is 0.353 e. The highest BCUT2D eigenvalue weighted by molar-refractivity contribution is 5.86. The van der Waals surface area contributed by atoms with Crippen LogP contribution in [0.4, 0.5) is 0 Å². The molecule has 216 valence electrons. The summed E-state index contributed by atoms with van der Waals surface area (Å²) in [6.07, 6.45) is -1.18. The zero-order valence-corrected chi connectivity index (χ0v) is 22.6. The Morgan fingerprint density at radius 1 is 1.20 bits per heavy atom. The number of likely N-dealkylation sites (tertiary alicyclic amines) is 1. The highest BCUT2D eigenvalue weighted by atomic mass is 16.6. The third-order valence-electron chi connectivity index (χ3n) is 8.51. The number of methoxy groups -OCH3 is 1. The number of hydrogen-bond acceptors (Lipinski definition) is 11. The summed E-state index contributed by atoms with van der Waals surface area (Å²) < 4.78 is 27.9. The van der Waals surface area contributed by atoms with Gasteiger partial charge in [-0.05, 0) is 51.1 Å². The molecule has 0 radical (unpaired) electrons. The van der Waals surface area contributed by atoms with E-state index in [1.165, 1.54) is 7.11 Å². The molecule has 0 saturated carbocycles. The van der Waals surface area contributed by atoms with Crippen molar-refractivity contribution >= 4 is 23.9 Å². The van der Waals surface area contributed by atoms with Gasteiger partial charge >= 0.3 is 23.9 Å². The maximum Gasteiger partial charge on any atom is 0.353 e. The molecule has 1 fully saturated rings. The van der Waals surface area contributed by atoms with E-state index in [1.807, 2.05) is 19.2 Å². The summed E-state index contributed by atoms with van der Waals surface area (Å²) in [7, 11) is 3.51. The molecular formula is C28H33NO11. The fourth-order valence-electron chi connectivity index (χ4n) is 6.74. The Kier molecular flexibility index (Phi) is 7.26. The molecule has 4 aliphatic rings. The van der Waals surface area contributed by atoms with Gasteiger partial charge < -0.3 is 38.8 Å². The van der Waals surface area contributed by atoms with Gasteiger partial charge in [-0.3, -0.25) is 14.4 Å². The van der Waals surface area contributed by atoms with Gasteiger partial charge in [0, 0.05) is 18.0 Å². The van der Waals surface area contributed by atoms with Crippen LogP contribution in [0.1, 0.15) is 50.2 Å². The zero-order chi connectivity index (χ0) is 28.8. The number of nitrogens with zero attached hydrogens (tertiary/aromatic N) is 1. The molecule has 5 atom stereocenters. The number of piperidine rings is 1. The summed E-state index contributed by atoms with van der Waals surface area (Å²) in [5.74, 6) is -2.86. The van der Waals surface area contributed by atoms with Gasteiger partial charge in [-0.1, -0.05) is 6.07 Å². The molecule has 2 aliphatic carbocycles. The normalized spacial score (nSPS) is 28.4. The second-order valence-electron chi connectivity index (χ2n) is 10.6. The second kappa shape index (κ2) is 10.4. The molecule has 0 amide bonds. The first kappa shape index (κ1) is 27.9. The average Bonchev–Trinajstić information content (AvgIpc) is 3.26. The highest BCUT2D eigenvalue weighted by Crippen LogP contribution is 2.65. The minimum atomic E-state index is -1.66. The van der Waals surface area contributed by atoms with Gasteiger partial charge in [-0.25, -0.2) is 4.79 Å². The lowest BCUT2D eigenvalue weighted by Gasteiger charge is -2.61. The van der Waals surface area contributed by atoms with Crippen molar-refractivity contribution in [1.82, 2.24) is 4.90 Å². The molecule has 2 bridgehead atoms. The standard InChI is InChI=1S/C28H33NO11/c1-4-37-22(33)14-18(38-21(32)8-7-20(30)31)26(34)39-17-9-10-28(35)19-13-15-5-6-16(36-3)24-23(15)27(28,25(17)40-24)11-12-29(19)2/h5-6,9,18-19,25,35H,4,7-8,10-14H2,1-3H3,(H,30,31)/t18?,19-,25+,27+,28-/m1/s1. The van der Waals surface area contributed by atoms with E-state index in [1.54, 1.807) is 13.0 Å². The Hall–Kier alpha value is -3.64. The van der Waals surface area contributed by atoms with E-state index in [-0.39, 0.29) is 24.8 Å². The number of carbonyl (C=O) groups is 4. The van der Waals surface area contributed by atoms with Crippen molar-refractivity contribution < 1.29 is 53.1 Å².